The predicted octanol–water partition coefficient (Wildman–Crippen LogP) is 3.15. The van der Waals surface area contributed by atoms with Gasteiger partial charge >= 0.3 is 5.97 Å². The molecule has 1 heterocycles. The first-order valence-electron chi connectivity index (χ1n) is 9.44. The fourth-order valence-corrected chi connectivity index (χ4v) is 3.02. The fraction of sp³-hybridized carbons (Fsp3) is 0.429. The number of para-hydroxylation sites is 1. The lowest BCUT2D eigenvalue weighted by atomic mass is 9.98. The van der Waals surface area contributed by atoms with Gasteiger partial charge in [-0.3, -0.25) is 14.9 Å². The largest absolute Gasteiger partial charge is 0.424 e. The monoisotopic (exact) mass is 371 g/mol. The Labute approximate surface area is 160 Å². The Hall–Kier alpha value is -2.60. The summed E-state index contributed by atoms with van der Waals surface area (Å²) >= 11 is 0. The van der Waals surface area contributed by atoms with Crippen molar-refractivity contribution in [2.75, 3.05) is 6.54 Å². The zero-order valence-electron chi connectivity index (χ0n) is 16.2. The molecule has 0 saturated heterocycles. The molecule has 1 atom stereocenters. The number of benzene rings is 1. The highest BCUT2D eigenvalue weighted by Crippen LogP contribution is 2.30. The van der Waals surface area contributed by atoms with E-state index in [1.165, 1.54) is 0 Å². The Balaban J connectivity index is 2.39. The van der Waals surface area contributed by atoms with Crippen molar-refractivity contribution in [3.05, 3.63) is 43.1 Å². The first-order valence-corrected chi connectivity index (χ1v) is 9.44. The quantitative estimate of drug-likeness (QED) is 0.361. The van der Waals surface area contributed by atoms with Crippen LogP contribution in [0.5, 0.6) is 5.75 Å². The number of amides is 1. The van der Waals surface area contributed by atoms with E-state index in [1.54, 1.807) is 12.3 Å². The fourth-order valence-electron chi connectivity index (χ4n) is 3.02. The molecule has 2 aromatic rings. The second-order valence-electron chi connectivity index (χ2n) is 6.68. The number of hydrogen-bond donors (Lipinski definition) is 2. The molecule has 1 aromatic heterocycles. The van der Waals surface area contributed by atoms with Gasteiger partial charge in [0.1, 0.15) is 5.54 Å². The van der Waals surface area contributed by atoms with E-state index in [4.69, 9.17) is 10.5 Å². The van der Waals surface area contributed by atoms with Crippen molar-refractivity contribution in [3.63, 3.8) is 0 Å². The molecule has 0 saturated carbocycles. The standard InChI is InChI=1S/C21H29N3O3/c1-4-7-13-23-21(6-3,20(22)26)15-24-14-18(27-19(25)10-5-2)16-11-8-9-12-17(16)24/h6,8-9,11-12,14,23H,3-5,7,10,13,15H2,1-2H3,(H2,22,26). The van der Waals surface area contributed by atoms with E-state index < -0.39 is 11.4 Å². The number of aromatic nitrogens is 1. The molecule has 0 radical (unpaired) electrons. The van der Waals surface area contributed by atoms with E-state index in [9.17, 15) is 9.59 Å². The maximum absolute atomic E-state index is 12.2. The van der Waals surface area contributed by atoms with Gasteiger partial charge in [0, 0.05) is 18.0 Å². The van der Waals surface area contributed by atoms with Gasteiger partial charge < -0.3 is 15.0 Å². The lowest BCUT2D eigenvalue weighted by Gasteiger charge is -2.29. The number of carbonyl (C=O) groups excluding carboxylic acids is 2. The van der Waals surface area contributed by atoms with Crippen molar-refractivity contribution in [2.24, 2.45) is 5.73 Å². The second kappa shape index (κ2) is 9.37. The van der Waals surface area contributed by atoms with Crippen LogP contribution in [0, 0.1) is 0 Å². The van der Waals surface area contributed by atoms with Crippen molar-refractivity contribution in [1.29, 1.82) is 0 Å². The number of nitrogens with zero attached hydrogens (tertiary/aromatic N) is 1. The van der Waals surface area contributed by atoms with Crippen LogP contribution in [0.1, 0.15) is 39.5 Å². The van der Waals surface area contributed by atoms with Gasteiger partial charge in [-0.15, -0.1) is 6.58 Å². The molecule has 1 amide bonds. The summed E-state index contributed by atoms with van der Waals surface area (Å²) in [6, 6.07) is 7.61. The van der Waals surface area contributed by atoms with Gasteiger partial charge in [0.25, 0.3) is 0 Å². The number of esters is 1. The number of unbranched alkanes of at least 4 members (excludes halogenated alkanes) is 1. The van der Waals surface area contributed by atoms with Crippen LogP contribution in [0.25, 0.3) is 10.9 Å². The second-order valence-corrected chi connectivity index (χ2v) is 6.68. The van der Waals surface area contributed by atoms with Crippen LogP contribution >= 0.6 is 0 Å². The maximum atomic E-state index is 12.2. The average molecular weight is 371 g/mol. The lowest BCUT2D eigenvalue weighted by molar-refractivity contribution is -0.134. The zero-order valence-corrected chi connectivity index (χ0v) is 16.2. The molecule has 0 aliphatic heterocycles. The SMILES string of the molecule is C=CC(Cn1cc(OC(=O)CCC)c2ccccc21)(NCCCC)C(N)=O. The van der Waals surface area contributed by atoms with Crippen LogP contribution in [0.3, 0.4) is 0 Å². The average Bonchev–Trinajstić information content (AvgIpc) is 2.98. The molecule has 1 aromatic carbocycles. The Bertz CT molecular complexity index is 812. The number of fused-ring (bicyclic) bond motifs is 1. The summed E-state index contributed by atoms with van der Waals surface area (Å²) < 4.78 is 7.42. The minimum absolute atomic E-state index is 0.265. The first kappa shape index (κ1) is 20.7. The van der Waals surface area contributed by atoms with E-state index in [0.29, 0.717) is 18.7 Å². The molecule has 0 bridgehead atoms. The van der Waals surface area contributed by atoms with Crippen LogP contribution in [0.2, 0.25) is 0 Å². The van der Waals surface area contributed by atoms with Gasteiger partial charge in [-0.25, -0.2) is 0 Å². The van der Waals surface area contributed by atoms with Crippen LogP contribution in [-0.2, 0) is 16.1 Å². The van der Waals surface area contributed by atoms with Crippen LogP contribution in [-0.4, -0.2) is 28.5 Å². The van der Waals surface area contributed by atoms with Crippen LogP contribution in [0.15, 0.2) is 43.1 Å². The zero-order chi connectivity index (χ0) is 19.9. The van der Waals surface area contributed by atoms with E-state index in [0.717, 1.165) is 30.2 Å². The Morgan fingerprint density at radius 3 is 2.67 bits per heavy atom. The molecule has 146 valence electrons. The third kappa shape index (κ3) is 4.77. The van der Waals surface area contributed by atoms with Gasteiger partial charge in [-0.1, -0.05) is 38.5 Å². The number of nitrogens with one attached hydrogen (secondary N) is 1. The molecule has 0 aliphatic rings. The molecular weight excluding hydrogens is 342 g/mol. The molecule has 2 rings (SSSR count). The topological polar surface area (TPSA) is 86.3 Å². The van der Waals surface area contributed by atoms with Gasteiger partial charge in [-0.05, 0) is 31.5 Å². The van der Waals surface area contributed by atoms with E-state index in [2.05, 4.69) is 18.8 Å². The first-order chi connectivity index (χ1) is 13.0. The molecule has 3 N–H and O–H groups in total. The number of carbonyl (C=O) groups is 2. The molecule has 0 fully saturated rings. The summed E-state index contributed by atoms with van der Waals surface area (Å²) in [5, 5.41) is 4.06. The van der Waals surface area contributed by atoms with Crippen molar-refractivity contribution in [2.45, 2.75) is 51.6 Å². The third-order valence-electron chi connectivity index (χ3n) is 4.61. The van der Waals surface area contributed by atoms with Gasteiger partial charge in [-0.2, -0.15) is 0 Å². The smallest absolute Gasteiger partial charge is 0.311 e. The molecule has 6 heteroatoms. The number of nitrogens with two attached hydrogens (primary N) is 1. The lowest BCUT2D eigenvalue weighted by Crippen LogP contribution is -2.56. The minimum atomic E-state index is -1.08. The molecule has 27 heavy (non-hydrogen) atoms. The van der Waals surface area contributed by atoms with E-state index in [-0.39, 0.29) is 12.5 Å². The molecular formula is C21H29N3O3. The summed E-state index contributed by atoms with van der Waals surface area (Å²) in [5.41, 5.74) is 5.49. The number of hydrogen-bond acceptors (Lipinski definition) is 4. The summed E-state index contributed by atoms with van der Waals surface area (Å²) in [6.45, 7) is 8.76. The Morgan fingerprint density at radius 2 is 2.04 bits per heavy atom. The van der Waals surface area contributed by atoms with Gasteiger partial charge in [0.15, 0.2) is 5.75 Å². The Morgan fingerprint density at radius 1 is 1.30 bits per heavy atom. The van der Waals surface area contributed by atoms with E-state index >= 15 is 0 Å². The third-order valence-corrected chi connectivity index (χ3v) is 4.61. The number of ether oxygens (including phenoxy) is 1. The van der Waals surface area contributed by atoms with E-state index in [1.807, 2.05) is 35.8 Å². The molecule has 0 spiro atoms. The minimum Gasteiger partial charge on any atom is -0.424 e. The predicted molar refractivity (Wildman–Crippen MR) is 108 cm³/mol. The molecule has 1 unspecified atom stereocenters. The molecule has 6 nitrogen and oxygen atoms in total. The van der Waals surface area contributed by atoms with Crippen molar-refractivity contribution >= 4 is 22.8 Å². The van der Waals surface area contributed by atoms with Crippen LogP contribution in [0.4, 0.5) is 0 Å². The normalized spacial score (nSPS) is 13.3. The Kier molecular flexibility index (Phi) is 7.19. The highest BCUT2D eigenvalue weighted by atomic mass is 16.5. The van der Waals surface area contributed by atoms with Crippen LogP contribution < -0.4 is 15.8 Å². The summed E-state index contributed by atoms with van der Waals surface area (Å²) in [4.78, 5) is 24.2. The summed E-state index contributed by atoms with van der Waals surface area (Å²) in [7, 11) is 0. The number of rotatable bonds is 11. The van der Waals surface area contributed by atoms with Crippen molar-refractivity contribution in [1.82, 2.24) is 9.88 Å². The van der Waals surface area contributed by atoms with Gasteiger partial charge in [0.2, 0.25) is 5.91 Å². The highest BCUT2D eigenvalue weighted by Gasteiger charge is 2.34. The highest BCUT2D eigenvalue weighted by molar-refractivity contribution is 5.90. The van der Waals surface area contributed by atoms with Crippen molar-refractivity contribution in [3.8, 4) is 5.75 Å². The van der Waals surface area contributed by atoms with Gasteiger partial charge in [0.05, 0.1) is 12.1 Å². The molecule has 0 aliphatic carbocycles. The summed E-state index contributed by atoms with van der Waals surface area (Å²) in [6.07, 6.45) is 6.32. The number of primary amides is 1. The summed E-state index contributed by atoms with van der Waals surface area (Å²) in [5.74, 6) is -0.276. The maximum Gasteiger partial charge on any atom is 0.311 e. The van der Waals surface area contributed by atoms with Crippen molar-refractivity contribution < 1.29 is 14.3 Å².